The van der Waals surface area contributed by atoms with Crippen LogP contribution in [0.4, 0.5) is 0 Å². The number of benzene rings is 1. The molecule has 1 atom stereocenters. The van der Waals surface area contributed by atoms with Gasteiger partial charge in [-0.1, -0.05) is 18.2 Å². The first-order chi connectivity index (χ1) is 5.83. The van der Waals surface area contributed by atoms with Crippen molar-refractivity contribution in [1.29, 1.82) is 5.26 Å². The number of nitrogens with zero attached hydrogens (tertiary/aromatic N) is 1. The molecule has 12 heavy (non-hydrogen) atoms. The molecular weight excluding hydrogens is 166 g/mol. The van der Waals surface area contributed by atoms with E-state index in [0.717, 1.165) is 5.75 Å². The zero-order valence-electron chi connectivity index (χ0n) is 7.03. The highest BCUT2D eigenvalue weighted by atomic mass is 32.2. The van der Waals surface area contributed by atoms with Crippen molar-refractivity contribution in [3.63, 3.8) is 0 Å². The second kappa shape index (κ2) is 4.84. The molecule has 0 aliphatic rings. The normalized spacial score (nSPS) is 12.0. The number of hydrogen-bond acceptors (Lipinski definition) is 2. The molecule has 0 aromatic heterocycles. The van der Waals surface area contributed by atoms with Crippen molar-refractivity contribution in [3.8, 4) is 6.07 Å². The van der Waals surface area contributed by atoms with Crippen LogP contribution in [0.1, 0.15) is 6.92 Å². The molecule has 1 rings (SSSR count). The molecule has 1 nitrogen and oxygen atoms in total. The van der Waals surface area contributed by atoms with Crippen LogP contribution in [0.25, 0.3) is 0 Å². The number of hydrogen-bond donors (Lipinski definition) is 0. The standard InChI is InChI=1S/C10H11NS/c1-9(7-11)8-12-10-5-3-2-4-6-10/h2-6,9H,8H2,1H3/t9-/m0/s1. The van der Waals surface area contributed by atoms with E-state index in [4.69, 9.17) is 5.26 Å². The quantitative estimate of drug-likeness (QED) is 0.663. The Kier molecular flexibility index (Phi) is 3.69. The summed E-state index contributed by atoms with van der Waals surface area (Å²) >= 11 is 1.73. The topological polar surface area (TPSA) is 23.8 Å². The van der Waals surface area contributed by atoms with Crippen LogP contribution in [0.5, 0.6) is 0 Å². The molecule has 62 valence electrons. The Morgan fingerprint density at radius 2 is 2.08 bits per heavy atom. The second-order valence-corrected chi connectivity index (χ2v) is 3.75. The highest BCUT2D eigenvalue weighted by molar-refractivity contribution is 7.99. The molecule has 0 saturated heterocycles. The lowest BCUT2D eigenvalue weighted by molar-refractivity contribution is 0.864. The zero-order chi connectivity index (χ0) is 8.81. The van der Waals surface area contributed by atoms with E-state index in [9.17, 15) is 0 Å². The lowest BCUT2D eigenvalue weighted by Gasteiger charge is -2.01. The van der Waals surface area contributed by atoms with Crippen molar-refractivity contribution < 1.29 is 0 Å². The van der Waals surface area contributed by atoms with Crippen LogP contribution in [-0.2, 0) is 0 Å². The van der Waals surface area contributed by atoms with Gasteiger partial charge in [0.25, 0.3) is 0 Å². The van der Waals surface area contributed by atoms with Gasteiger partial charge >= 0.3 is 0 Å². The van der Waals surface area contributed by atoms with Gasteiger partial charge in [0.15, 0.2) is 0 Å². The van der Waals surface area contributed by atoms with E-state index in [-0.39, 0.29) is 5.92 Å². The van der Waals surface area contributed by atoms with E-state index in [1.165, 1.54) is 4.90 Å². The maximum atomic E-state index is 8.55. The fraction of sp³-hybridized carbons (Fsp3) is 0.300. The first kappa shape index (κ1) is 9.15. The largest absolute Gasteiger partial charge is 0.198 e. The Balaban J connectivity index is 2.40. The summed E-state index contributed by atoms with van der Waals surface area (Å²) in [6.07, 6.45) is 0. The van der Waals surface area contributed by atoms with Crippen LogP contribution < -0.4 is 0 Å². The number of rotatable bonds is 3. The Morgan fingerprint density at radius 3 is 2.67 bits per heavy atom. The molecule has 0 amide bonds. The minimum atomic E-state index is 0.134. The maximum Gasteiger partial charge on any atom is 0.0661 e. The number of nitriles is 1. The lowest BCUT2D eigenvalue weighted by atomic mass is 10.3. The van der Waals surface area contributed by atoms with Crippen molar-refractivity contribution in [2.75, 3.05) is 5.75 Å². The van der Waals surface area contributed by atoms with E-state index in [2.05, 4.69) is 18.2 Å². The monoisotopic (exact) mass is 177 g/mol. The molecule has 0 radical (unpaired) electrons. The van der Waals surface area contributed by atoms with E-state index >= 15 is 0 Å². The Labute approximate surface area is 77.4 Å². The second-order valence-electron chi connectivity index (χ2n) is 2.65. The summed E-state index contributed by atoms with van der Waals surface area (Å²) in [6, 6.07) is 12.4. The van der Waals surface area contributed by atoms with E-state index < -0.39 is 0 Å². The first-order valence-corrected chi connectivity index (χ1v) is 4.89. The Bertz CT molecular complexity index is 263. The lowest BCUT2D eigenvalue weighted by Crippen LogP contribution is -1.92. The van der Waals surface area contributed by atoms with Gasteiger partial charge in [0.05, 0.1) is 12.0 Å². The fourth-order valence-electron chi connectivity index (χ4n) is 0.775. The molecule has 0 N–H and O–H groups in total. The Morgan fingerprint density at radius 1 is 1.42 bits per heavy atom. The van der Waals surface area contributed by atoms with Gasteiger partial charge in [-0.3, -0.25) is 0 Å². The average Bonchev–Trinajstić information content (AvgIpc) is 2.16. The van der Waals surface area contributed by atoms with Crippen molar-refractivity contribution >= 4 is 11.8 Å². The SMILES string of the molecule is C[C@@H](C#N)CSc1ccccc1. The summed E-state index contributed by atoms with van der Waals surface area (Å²) in [5.74, 6) is 1.01. The minimum absolute atomic E-state index is 0.134. The van der Waals surface area contributed by atoms with Crippen LogP contribution in [-0.4, -0.2) is 5.75 Å². The molecule has 1 aromatic rings. The summed E-state index contributed by atoms with van der Waals surface area (Å²) < 4.78 is 0. The smallest absolute Gasteiger partial charge is 0.0661 e. The van der Waals surface area contributed by atoms with E-state index in [1.54, 1.807) is 11.8 Å². The Hall–Kier alpha value is -0.940. The summed E-state index contributed by atoms with van der Waals surface area (Å²) in [5, 5.41) is 8.55. The van der Waals surface area contributed by atoms with Gasteiger partial charge < -0.3 is 0 Å². The van der Waals surface area contributed by atoms with Gasteiger partial charge in [-0.15, -0.1) is 11.8 Å². The molecule has 0 saturated carbocycles. The van der Waals surface area contributed by atoms with Gasteiger partial charge in [-0.25, -0.2) is 0 Å². The third-order valence-electron chi connectivity index (χ3n) is 1.46. The van der Waals surface area contributed by atoms with E-state index in [1.807, 2.05) is 25.1 Å². The van der Waals surface area contributed by atoms with Gasteiger partial charge in [-0.2, -0.15) is 5.26 Å². The number of thioether (sulfide) groups is 1. The van der Waals surface area contributed by atoms with E-state index in [0.29, 0.717) is 0 Å². The molecule has 0 aliphatic heterocycles. The fourth-order valence-corrected chi connectivity index (χ4v) is 1.64. The third-order valence-corrected chi connectivity index (χ3v) is 2.74. The van der Waals surface area contributed by atoms with Crippen molar-refractivity contribution in [1.82, 2.24) is 0 Å². The molecule has 0 heterocycles. The maximum absolute atomic E-state index is 8.55. The van der Waals surface area contributed by atoms with Gasteiger partial charge in [0.2, 0.25) is 0 Å². The highest BCUT2D eigenvalue weighted by Gasteiger charge is 1.99. The van der Waals surface area contributed by atoms with Crippen LogP contribution in [0, 0.1) is 17.2 Å². The zero-order valence-corrected chi connectivity index (χ0v) is 7.84. The minimum Gasteiger partial charge on any atom is -0.198 e. The molecule has 0 fully saturated rings. The summed E-state index contributed by atoms with van der Waals surface area (Å²) in [4.78, 5) is 1.24. The average molecular weight is 177 g/mol. The van der Waals surface area contributed by atoms with Crippen LogP contribution in [0.2, 0.25) is 0 Å². The predicted molar refractivity (Wildman–Crippen MR) is 51.9 cm³/mol. The summed E-state index contributed by atoms with van der Waals surface area (Å²) in [5.41, 5.74) is 0. The van der Waals surface area contributed by atoms with Gasteiger partial charge in [-0.05, 0) is 19.1 Å². The van der Waals surface area contributed by atoms with Gasteiger partial charge in [0.1, 0.15) is 0 Å². The van der Waals surface area contributed by atoms with Crippen molar-refractivity contribution in [2.24, 2.45) is 5.92 Å². The van der Waals surface area contributed by atoms with Crippen LogP contribution in [0.3, 0.4) is 0 Å². The van der Waals surface area contributed by atoms with Crippen LogP contribution >= 0.6 is 11.8 Å². The molecule has 1 aromatic carbocycles. The third kappa shape index (κ3) is 2.98. The molecule has 0 aliphatic carbocycles. The summed E-state index contributed by atoms with van der Waals surface area (Å²) in [7, 11) is 0. The van der Waals surface area contributed by atoms with Crippen molar-refractivity contribution in [2.45, 2.75) is 11.8 Å². The summed E-state index contributed by atoms with van der Waals surface area (Å²) in [6.45, 7) is 1.94. The highest BCUT2D eigenvalue weighted by Crippen LogP contribution is 2.19. The first-order valence-electron chi connectivity index (χ1n) is 3.90. The molecule has 0 bridgehead atoms. The predicted octanol–water partition coefficient (Wildman–Crippen LogP) is 2.94. The molecule has 0 spiro atoms. The van der Waals surface area contributed by atoms with Gasteiger partial charge in [0, 0.05) is 10.6 Å². The molecule has 0 unspecified atom stereocenters. The molecular formula is C10H11NS. The van der Waals surface area contributed by atoms with Crippen LogP contribution in [0.15, 0.2) is 35.2 Å². The van der Waals surface area contributed by atoms with Crippen molar-refractivity contribution in [3.05, 3.63) is 30.3 Å². The molecule has 2 heteroatoms.